The van der Waals surface area contributed by atoms with Crippen molar-refractivity contribution in [3.8, 4) is 0 Å². The van der Waals surface area contributed by atoms with Crippen molar-refractivity contribution in [2.75, 3.05) is 66.1 Å². The molecule has 0 N–H and O–H groups in total. The number of hydrogen-bond donors (Lipinski definition) is 0. The molecule has 0 aliphatic carbocycles. The Kier molecular flexibility index (Phi) is 47.2. The molecule has 0 unspecified atom stereocenters. The average Bonchev–Trinajstić information content (AvgIpc) is 1.60. The fourth-order valence-electron chi connectivity index (χ4n) is 15.4. The van der Waals surface area contributed by atoms with Gasteiger partial charge in [0.2, 0.25) is 0 Å². The van der Waals surface area contributed by atoms with Gasteiger partial charge in [-0.25, -0.2) is 0 Å². The molecule has 19 rings (SSSR count). The van der Waals surface area contributed by atoms with Gasteiger partial charge in [-0.15, -0.1) is 0 Å². The van der Waals surface area contributed by atoms with Crippen molar-refractivity contribution in [3.63, 3.8) is 0 Å². The van der Waals surface area contributed by atoms with Gasteiger partial charge in [-0.1, -0.05) is 423 Å². The van der Waals surface area contributed by atoms with E-state index in [1.807, 2.05) is 146 Å². The Labute approximate surface area is 898 Å². The van der Waals surface area contributed by atoms with Gasteiger partial charge in [-0.05, 0) is 188 Å². The first-order chi connectivity index (χ1) is 65.7. The van der Waals surface area contributed by atoms with Crippen molar-refractivity contribution in [2.45, 2.75) is 198 Å². The molecule has 0 bridgehead atoms. The van der Waals surface area contributed by atoms with E-state index in [-0.39, 0.29) is 80.8 Å². The summed E-state index contributed by atoms with van der Waals surface area (Å²) in [7, 11) is -4.42. The van der Waals surface area contributed by atoms with Gasteiger partial charge in [0.25, 0.3) is 0 Å². The van der Waals surface area contributed by atoms with E-state index in [1.54, 1.807) is 0 Å². The van der Waals surface area contributed by atoms with Crippen molar-refractivity contribution >= 4 is 146 Å². The molecular formula is C116H144N10O7Si4Sm2. The van der Waals surface area contributed by atoms with Crippen molar-refractivity contribution in [1.82, 2.24) is 0 Å². The van der Waals surface area contributed by atoms with Crippen LogP contribution in [-0.4, -0.2) is 122 Å². The maximum absolute atomic E-state index is 6.82. The van der Waals surface area contributed by atoms with Crippen LogP contribution >= 0.6 is 0 Å². The molecule has 7 heterocycles. The largest absolute Gasteiger partial charge is 3.00 e. The normalized spacial score (nSPS) is 14.3. The molecule has 12 aromatic carbocycles. The van der Waals surface area contributed by atoms with Crippen molar-refractivity contribution in [2.24, 2.45) is 20.0 Å². The van der Waals surface area contributed by atoms with Crippen LogP contribution in [0.15, 0.2) is 296 Å². The summed E-state index contributed by atoms with van der Waals surface area (Å²) in [6.45, 7) is 54.1. The maximum Gasteiger partial charge on any atom is 3.00 e. The van der Waals surface area contributed by atoms with Crippen LogP contribution in [-0.2, 0) is 23.7 Å². The third-order valence-electron chi connectivity index (χ3n) is 21.6. The number of nitrogens with zero attached hydrogens (tertiary/aromatic N) is 10. The predicted octanol–water partition coefficient (Wildman–Crippen LogP) is 34.8. The molecule has 5 fully saturated rings. The van der Waals surface area contributed by atoms with Crippen LogP contribution in [0, 0.1) is 136 Å². The van der Waals surface area contributed by atoms with Crippen molar-refractivity contribution in [1.29, 1.82) is 0 Å². The number of hydrogen-bond acceptors (Lipinski definition) is 11. The molecule has 139 heavy (non-hydrogen) atoms. The Morgan fingerprint density at radius 1 is 0.209 bits per heavy atom. The van der Waals surface area contributed by atoms with Gasteiger partial charge in [0, 0.05) is 110 Å². The smallest absolute Gasteiger partial charge is 0.668 e. The van der Waals surface area contributed by atoms with E-state index in [4.69, 9.17) is 83.1 Å². The topological polar surface area (TPSA) is 206 Å². The van der Waals surface area contributed by atoms with Crippen LogP contribution in [0.4, 0.5) is 45.5 Å². The molecule has 5 saturated heterocycles. The van der Waals surface area contributed by atoms with E-state index < -0.39 is 32.9 Å². The van der Waals surface area contributed by atoms with Crippen LogP contribution < -0.4 is 0 Å². The predicted molar refractivity (Wildman–Crippen MR) is 594 cm³/mol. The maximum atomic E-state index is 6.82. The number of aryl methyl sites for hydroxylation is 8. The molecule has 0 amide bonds. The molecule has 0 saturated carbocycles. The van der Waals surface area contributed by atoms with E-state index in [2.05, 4.69) is 255 Å². The van der Waals surface area contributed by atoms with Crippen LogP contribution in [0.1, 0.15) is 131 Å². The molecule has 5 aliphatic rings. The molecule has 0 atom stereocenters. The van der Waals surface area contributed by atoms with Gasteiger partial charge < -0.3 is 83.1 Å². The minimum atomic E-state index is -1.11. The molecule has 17 nitrogen and oxygen atoms in total. The zero-order valence-corrected chi connectivity index (χ0v) is 94.9. The SMILES string of the molecule is C1CCOC1.C1CCOC1.C1CCOC1.C1CCOC1.C1CCOC1.C[Si](C)(C)[N-][Si](C)(C)C.C[Si](C)(C)[N-][Si](C)(C)C.Cc1ccc(N=C([N-]c2ccc(C)cc2)c2cccc3c2oc2c(C(=Nc4ccc(C)cc4)[N-]c4ccc(C)cc4)cccc23)cc1.Cc1ccc(N=C([N-]c2ccc(C)cc2)c2cccc3c2oc2c(C(=Nc4ccc(C)cc4)[N-]c4ccc(C)cc4)cccc23)cc1.[Sm+3].[Sm+3]. The number of para-hydroxylation sites is 4. The molecule has 14 aromatic rings. The van der Waals surface area contributed by atoms with E-state index >= 15 is 0 Å². The number of furan rings is 2. The summed E-state index contributed by atoms with van der Waals surface area (Å²) in [6, 6.07) is 89.7. The third kappa shape index (κ3) is 40.3. The van der Waals surface area contributed by atoms with Crippen molar-refractivity contribution < 1.29 is 113 Å². The number of amidine groups is 4. The first kappa shape index (κ1) is 114. The summed E-state index contributed by atoms with van der Waals surface area (Å²) < 4.78 is 48.0. The summed E-state index contributed by atoms with van der Waals surface area (Å²) >= 11 is 0. The van der Waals surface area contributed by atoms with E-state index in [0.29, 0.717) is 45.7 Å². The zero-order chi connectivity index (χ0) is 97.8. The molecular weight excluding hydrogens is 2060 g/mol. The van der Waals surface area contributed by atoms with Gasteiger partial charge in [0.1, 0.15) is 22.3 Å². The van der Waals surface area contributed by atoms with E-state index in [9.17, 15) is 0 Å². The Balaban J connectivity index is 0.000000215. The zero-order valence-electron chi connectivity index (χ0n) is 85.7. The molecule has 2 radical (unpaired) electrons. The Bertz CT molecular complexity index is 5370. The van der Waals surface area contributed by atoms with Crippen LogP contribution in [0.5, 0.6) is 0 Å². The first-order valence-corrected chi connectivity index (χ1v) is 62.5. The second-order valence-corrected chi connectivity index (χ2v) is 58.5. The van der Waals surface area contributed by atoms with Crippen LogP contribution in [0.25, 0.3) is 74.4 Å². The molecule has 5 aliphatic heterocycles. The Morgan fingerprint density at radius 2 is 0.360 bits per heavy atom. The number of fused-ring (bicyclic) bond motifs is 6. The minimum absolute atomic E-state index is 0. The standard InChI is InChI=1S/2C42H34N4O.2C6H18NSi2.5C4H8O.2Sm/c2*1-27-11-19-31(20-12-27)43-41(44-32-21-13-28(2)14-22-32)37-9-5-7-35-36-8-6-10-38(40(36)47-39(35)37)42(45-33-23-15-29(3)16-24-33)46-34-25-17-30(4)18-26-34;2*1-8(2,3)7-9(4,5)6;5*1-2-4-5-3-1;;/h2*5-26H,1-4H3;2*1-6H3;5*1-4H2;;/q2*-2;2*-1;;;;;;2*+3. The molecule has 2 aromatic heterocycles. The summed E-state index contributed by atoms with van der Waals surface area (Å²) in [5.41, 5.74) is 22.0. The summed E-state index contributed by atoms with van der Waals surface area (Å²) in [4.78, 5) is 20.2. The molecule has 23 heteroatoms. The van der Waals surface area contributed by atoms with Crippen molar-refractivity contribution in [3.05, 3.63) is 364 Å². The summed E-state index contributed by atoms with van der Waals surface area (Å²) in [5.74, 6) is 2.28. The number of benzene rings is 12. The van der Waals surface area contributed by atoms with Gasteiger partial charge in [0.15, 0.2) is 0 Å². The Morgan fingerprint density at radius 3 is 0.489 bits per heavy atom. The number of aliphatic imine (C=N–C) groups is 4. The number of ether oxygens (including phenoxy) is 5. The van der Waals surface area contributed by atoms with Gasteiger partial charge in [-0.3, -0.25) is 0 Å². The summed E-state index contributed by atoms with van der Waals surface area (Å²) in [5, 5.41) is 24.0. The first-order valence-electron chi connectivity index (χ1n) is 48.7. The minimum Gasteiger partial charge on any atom is -0.668 e. The van der Waals surface area contributed by atoms with Crippen LogP contribution in [0.2, 0.25) is 78.6 Å². The van der Waals surface area contributed by atoms with Gasteiger partial charge >= 0.3 is 80.8 Å². The van der Waals surface area contributed by atoms with Crippen LogP contribution in [0.3, 0.4) is 0 Å². The van der Waals surface area contributed by atoms with E-state index in [0.717, 1.165) is 155 Å². The molecule has 0 spiro atoms. The second kappa shape index (κ2) is 57.6. The number of rotatable bonds is 16. The fraction of sp³-hybridized carbons (Fsp3) is 0.345. The van der Waals surface area contributed by atoms with E-state index in [1.165, 1.54) is 109 Å². The van der Waals surface area contributed by atoms with Gasteiger partial charge in [0.05, 0.1) is 0 Å². The second-order valence-electron chi connectivity index (χ2n) is 39.3. The quantitative estimate of drug-likeness (QED) is 0.0519. The molecule has 728 valence electrons. The average molecular weight is 2200 g/mol. The fourth-order valence-corrected chi connectivity index (χ4v) is 31.5. The van der Waals surface area contributed by atoms with Gasteiger partial charge in [-0.2, -0.15) is 0 Å². The monoisotopic (exact) mass is 2200 g/mol. The Hall–Kier alpha value is -8.62. The summed E-state index contributed by atoms with van der Waals surface area (Å²) in [6.07, 6.45) is 12.8. The third-order valence-corrected chi connectivity index (χ3v) is 32.4.